The summed E-state index contributed by atoms with van der Waals surface area (Å²) in [5.74, 6) is 0. The largest absolute Gasteiger partial charge is 0.303 e. The average molecular weight is 154 g/mol. The molecule has 2 fully saturated rings. The van der Waals surface area contributed by atoms with Crippen LogP contribution in [0.1, 0.15) is 32.1 Å². The zero-order chi connectivity index (χ0) is 7.52. The summed E-state index contributed by atoms with van der Waals surface area (Å²) in [6, 6.07) is 0.916. The van der Waals surface area contributed by atoms with Crippen LogP contribution in [0, 0.1) is 0 Å². The minimum absolute atomic E-state index is 0.916. The third-order valence-corrected chi connectivity index (χ3v) is 2.98. The van der Waals surface area contributed by atoms with Crippen LogP contribution in [0.15, 0.2) is 0 Å². The van der Waals surface area contributed by atoms with Gasteiger partial charge < -0.3 is 5.32 Å². The van der Waals surface area contributed by atoms with Crippen molar-refractivity contribution in [3.8, 4) is 0 Å². The van der Waals surface area contributed by atoms with Gasteiger partial charge in [0.25, 0.3) is 0 Å². The Morgan fingerprint density at radius 3 is 2.55 bits per heavy atom. The normalized spacial score (nSPS) is 29.5. The lowest BCUT2D eigenvalue weighted by Gasteiger charge is -2.29. The fourth-order valence-electron chi connectivity index (χ4n) is 2.28. The summed E-state index contributed by atoms with van der Waals surface area (Å²) in [5, 5.41) is 3.40. The molecule has 64 valence electrons. The van der Waals surface area contributed by atoms with Crippen molar-refractivity contribution in [3.63, 3.8) is 0 Å². The van der Waals surface area contributed by atoms with Gasteiger partial charge in [0.2, 0.25) is 0 Å². The van der Waals surface area contributed by atoms with Crippen LogP contribution in [0.5, 0.6) is 0 Å². The highest BCUT2D eigenvalue weighted by Crippen LogP contribution is 2.22. The molecule has 1 saturated heterocycles. The van der Waals surface area contributed by atoms with Gasteiger partial charge in [-0.3, -0.25) is 4.90 Å². The molecule has 2 heteroatoms. The molecule has 0 unspecified atom stereocenters. The first kappa shape index (κ1) is 7.56. The molecule has 2 nitrogen and oxygen atoms in total. The van der Waals surface area contributed by atoms with Gasteiger partial charge in [-0.25, -0.2) is 0 Å². The van der Waals surface area contributed by atoms with Crippen molar-refractivity contribution in [1.82, 2.24) is 10.2 Å². The van der Waals surface area contributed by atoms with E-state index in [-0.39, 0.29) is 0 Å². The van der Waals surface area contributed by atoms with Crippen LogP contribution in [0.25, 0.3) is 0 Å². The van der Waals surface area contributed by atoms with Crippen LogP contribution in [0.4, 0.5) is 0 Å². The van der Waals surface area contributed by atoms with E-state index in [1.165, 1.54) is 45.2 Å². The van der Waals surface area contributed by atoms with Crippen LogP contribution >= 0.6 is 0 Å². The highest BCUT2D eigenvalue weighted by atomic mass is 15.3. The first-order chi connectivity index (χ1) is 5.47. The maximum absolute atomic E-state index is 3.40. The van der Waals surface area contributed by atoms with Gasteiger partial charge in [-0.1, -0.05) is 19.3 Å². The number of nitrogens with zero attached hydrogens (tertiary/aromatic N) is 1. The minimum Gasteiger partial charge on any atom is -0.303 e. The van der Waals surface area contributed by atoms with E-state index in [4.69, 9.17) is 0 Å². The van der Waals surface area contributed by atoms with E-state index in [1.54, 1.807) is 0 Å². The molecule has 1 aliphatic heterocycles. The Balaban J connectivity index is 1.82. The third kappa shape index (κ3) is 1.74. The standard InChI is InChI=1S/C9H18N2/c1-2-4-9(5-3-1)11-7-6-10-8-11/h9-10H,1-8H2. The van der Waals surface area contributed by atoms with E-state index in [1.807, 2.05) is 0 Å². The zero-order valence-corrected chi connectivity index (χ0v) is 7.18. The second-order valence-corrected chi connectivity index (χ2v) is 3.76. The molecule has 0 radical (unpaired) electrons. The predicted octanol–water partition coefficient (Wildman–Crippen LogP) is 1.18. The second kappa shape index (κ2) is 3.55. The van der Waals surface area contributed by atoms with Crippen LogP contribution in [0.2, 0.25) is 0 Å². The number of hydrogen-bond donors (Lipinski definition) is 1. The first-order valence-electron chi connectivity index (χ1n) is 4.91. The molecule has 2 aliphatic rings. The van der Waals surface area contributed by atoms with E-state index in [2.05, 4.69) is 10.2 Å². The number of rotatable bonds is 1. The van der Waals surface area contributed by atoms with Gasteiger partial charge in [-0.05, 0) is 12.8 Å². The Morgan fingerprint density at radius 1 is 1.09 bits per heavy atom. The smallest absolute Gasteiger partial charge is 0.0484 e. The van der Waals surface area contributed by atoms with Crippen molar-refractivity contribution < 1.29 is 0 Å². The van der Waals surface area contributed by atoms with Crippen molar-refractivity contribution in [2.45, 2.75) is 38.1 Å². The summed E-state index contributed by atoms with van der Waals surface area (Å²) in [6.07, 6.45) is 7.28. The zero-order valence-electron chi connectivity index (χ0n) is 7.18. The van der Waals surface area contributed by atoms with Crippen molar-refractivity contribution in [1.29, 1.82) is 0 Å². The molecule has 0 spiro atoms. The molecule has 11 heavy (non-hydrogen) atoms. The lowest BCUT2D eigenvalue weighted by molar-refractivity contribution is 0.189. The number of nitrogens with one attached hydrogen (secondary N) is 1. The summed E-state index contributed by atoms with van der Waals surface area (Å²) < 4.78 is 0. The van der Waals surface area contributed by atoms with Crippen molar-refractivity contribution in [2.75, 3.05) is 19.8 Å². The maximum atomic E-state index is 3.40. The highest BCUT2D eigenvalue weighted by Gasteiger charge is 2.22. The van der Waals surface area contributed by atoms with E-state index in [0.717, 1.165) is 12.7 Å². The summed E-state index contributed by atoms with van der Waals surface area (Å²) in [6.45, 7) is 3.63. The van der Waals surface area contributed by atoms with Crippen molar-refractivity contribution in [2.24, 2.45) is 0 Å². The van der Waals surface area contributed by atoms with Crippen LogP contribution < -0.4 is 5.32 Å². The Bertz CT molecular complexity index is 113. The average Bonchev–Trinajstić information content (AvgIpc) is 2.58. The van der Waals surface area contributed by atoms with Gasteiger partial charge in [-0.15, -0.1) is 0 Å². The quantitative estimate of drug-likeness (QED) is 0.610. The lowest BCUT2D eigenvalue weighted by Crippen LogP contribution is -2.35. The first-order valence-corrected chi connectivity index (χ1v) is 4.91. The molecule has 0 aromatic heterocycles. The maximum Gasteiger partial charge on any atom is 0.0484 e. The van der Waals surface area contributed by atoms with Gasteiger partial charge in [-0.2, -0.15) is 0 Å². The minimum atomic E-state index is 0.916. The third-order valence-electron chi connectivity index (χ3n) is 2.98. The molecular formula is C9H18N2. The molecule has 1 heterocycles. The molecule has 0 amide bonds. The fraction of sp³-hybridized carbons (Fsp3) is 1.00. The molecule has 0 bridgehead atoms. The molecule has 1 aliphatic carbocycles. The Hall–Kier alpha value is -0.0800. The molecule has 2 rings (SSSR count). The SMILES string of the molecule is C1CCC(N2CCNC2)CC1. The Morgan fingerprint density at radius 2 is 1.91 bits per heavy atom. The van der Waals surface area contributed by atoms with Gasteiger partial charge >= 0.3 is 0 Å². The molecule has 0 aromatic rings. The van der Waals surface area contributed by atoms with Gasteiger partial charge in [0.1, 0.15) is 0 Å². The van der Waals surface area contributed by atoms with E-state index in [0.29, 0.717) is 0 Å². The van der Waals surface area contributed by atoms with E-state index < -0.39 is 0 Å². The summed E-state index contributed by atoms with van der Waals surface area (Å²) in [4.78, 5) is 2.61. The van der Waals surface area contributed by atoms with Gasteiger partial charge in [0.15, 0.2) is 0 Å². The van der Waals surface area contributed by atoms with Gasteiger partial charge in [0, 0.05) is 25.8 Å². The van der Waals surface area contributed by atoms with E-state index >= 15 is 0 Å². The number of hydrogen-bond acceptors (Lipinski definition) is 2. The fourth-order valence-corrected chi connectivity index (χ4v) is 2.28. The summed E-state index contributed by atoms with van der Waals surface area (Å²) in [5.41, 5.74) is 0. The molecule has 1 saturated carbocycles. The Labute approximate surface area is 69.0 Å². The van der Waals surface area contributed by atoms with E-state index in [9.17, 15) is 0 Å². The monoisotopic (exact) mass is 154 g/mol. The molecule has 1 N–H and O–H groups in total. The van der Waals surface area contributed by atoms with Crippen molar-refractivity contribution in [3.05, 3.63) is 0 Å². The summed E-state index contributed by atoms with van der Waals surface area (Å²) >= 11 is 0. The molecular weight excluding hydrogens is 136 g/mol. The van der Waals surface area contributed by atoms with Crippen molar-refractivity contribution >= 4 is 0 Å². The lowest BCUT2D eigenvalue weighted by atomic mass is 9.94. The van der Waals surface area contributed by atoms with Crippen LogP contribution in [-0.4, -0.2) is 30.7 Å². The molecule has 0 atom stereocenters. The van der Waals surface area contributed by atoms with Crippen LogP contribution in [-0.2, 0) is 0 Å². The predicted molar refractivity (Wildman–Crippen MR) is 46.4 cm³/mol. The van der Waals surface area contributed by atoms with Crippen LogP contribution in [0.3, 0.4) is 0 Å². The topological polar surface area (TPSA) is 15.3 Å². The second-order valence-electron chi connectivity index (χ2n) is 3.76. The summed E-state index contributed by atoms with van der Waals surface area (Å²) in [7, 11) is 0. The highest BCUT2D eigenvalue weighted by molar-refractivity contribution is 4.78. The van der Waals surface area contributed by atoms with Gasteiger partial charge in [0.05, 0.1) is 0 Å². The molecule has 0 aromatic carbocycles. The Kier molecular flexibility index (Phi) is 2.44.